The Kier molecular flexibility index (Phi) is 10.4. The van der Waals surface area contributed by atoms with Crippen LogP contribution in [0.25, 0.3) is 0 Å². The molecule has 0 aliphatic rings. The Bertz CT molecular complexity index is 853. The summed E-state index contributed by atoms with van der Waals surface area (Å²) in [5, 5.41) is 0. The average Bonchev–Trinajstić information content (AvgIpc) is 2.76. The van der Waals surface area contributed by atoms with Crippen LogP contribution in [0.5, 0.6) is 11.5 Å². The van der Waals surface area contributed by atoms with Gasteiger partial charge in [-0.15, -0.1) is 0 Å². The molecule has 31 heavy (non-hydrogen) atoms. The molecule has 0 fully saturated rings. The second kappa shape index (κ2) is 13.0. The molecule has 7 heteroatoms. The van der Waals surface area contributed by atoms with Gasteiger partial charge in [-0.25, -0.2) is 0 Å². The summed E-state index contributed by atoms with van der Waals surface area (Å²) in [5.74, 6) is 0.968. The van der Waals surface area contributed by atoms with Gasteiger partial charge in [-0.3, -0.25) is 20.4 Å². The standard InChI is InChI=1S/C24H31BrN2O4/c1-4-5-6-7-14-30-20-11-8-18(9-12-20)23(28)26-27-24(29)19-10-13-22(21(25)15-19)31-16-17(2)3/h8-13,15,17H,4-7,14,16H2,1-3H3,(H,26,28)(H,27,29). The number of carbonyl (C=O) groups excluding carboxylic acids is 2. The molecule has 0 atom stereocenters. The highest BCUT2D eigenvalue weighted by atomic mass is 79.9. The lowest BCUT2D eigenvalue weighted by atomic mass is 10.2. The van der Waals surface area contributed by atoms with Crippen LogP contribution >= 0.6 is 15.9 Å². The van der Waals surface area contributed by atoms with E-state index in [4.69, 9.17) is 9.47 Å². The van der Waals surface area contributed by atoms with Crippen molar-refractivity contribution in [3.63, 3.8) is 0 Å². The molecule has 0 saturated carbocycles. The van der Waals surface area contributed by atoms with Crippen LogP contribution in [0.3, 0.4) is 0 Å². The van der Waals surface area contributed by atoms with Crippen molar-refractivity contribution in [1.82, 2.24) is 10.9 Å². The van der Waals surface area contributed by atoms with Crippen LogP contribution in [-0.4, -0.2) is 25.0 Å². The van der Waals surface area contributed by atoms with Gasteiger partial charge in [0.1, 0.15) is 11.5 Å². The summed E-state index contributed by atoms with van der Waals surface area (Å²) in [5.41, 5.74) is 5.69. The number of halogens is 1. The molecule has 0 unspecified atom stereocenters. The van der Waals surface area contributed by atoms with Gasteiger partial charge < -0.3 is 9.47 Å². The Morgan fingerprint density at radius 1 is 0.903 bits per heavy atom. The molecule has 168 valence electrons. The van der Waals surface area contributed by atoms with Crippen LogP contribution in [-0.2, 0) is 0 Å². The van der Waals surface area contributed by atoms with Crippen LogP contribution in [0.15, 0.2) is 46.9 Å². The second-order valence-electron chi connectivity index (χ2n) is 7.69. The van der Waals surface area contributed by atoms with E-state index in [0.717, 1.165) is 18.6 Å². The van der Waals surface area contributed by atoms with Crippen molar-refractivity contribution in [2.24, 2.45) is 5.92 Å². The van der Waals surface area contributed by atoms with Crippen molar-refractivity contribution < 1.29 is 19.1 Å². The Morgan fingerprint density at radius 3 is 2.16 bits per heavy atom. The van der Waals surface area contributed by atoms with E-state index in [2.05, 4.69) is 47.6 Å². The van der Waals surface area contributed by atoms with Gasteiger partial charge in [-0.05, 0) is 70.7 Å². The molecule has 0 spiro atoms. The first-order chi connectivity index (χ1) is 14.9. The Balaban J connectivity index is 1.82. The minimum atomic E-state index is -0.420. The highest BCUT2D eigenvalue weighted by Crippen LogP contribution is 2.26. The van der Waals surface area contributed by atoms with Crippen molar-refractivity contribution in [2.45, 2.75) is 46.5 Å². The SMILES string of the molecule is CCCCCCOc1ccc(C(=O)NNC(=O)c2ccc(OCC(C)C)c(Br)c2)cc1. The average molecular weight is 491 g/mol. The molecule has 2 aromatic rings. The van der Waals surface area contributed by atoms with Crippen LogP contribution in [0.2, 0.25) is 0 Å². The first-order valence-electron chi connectivity index (χ1n) is 10.7. The van der Waals surface area contributed by atoms with Gasteiger partial charge in [-0.1, -0.05) is 40.0 Å². The summed E-state index contributed by atoms with van der Waals surface area (Å²) in [7, 11) is 0. The number of ether oxygens (including phenoxy) is 2. The fourth-order valence-electron chi connectivity index (χ4n) is 2.69. The number of hydrogen-bond donors (Lipinski definition) is 2. The lowest BCUT2D eigenvalue weighted by Crippen LogP contribution is -2.41. The molecular formula is C24H31BrN2O4. The first-order valence-corrected chi connectivity index (χ1v) is 11.5. The zero-order chi connectivity index (χ0) is 22.6. The van der Waals surface area contributed by atoms with Crippen LogP contribution in [0.4, 0.5) is 0 Å². The highest BCUT2D eigenvalue weighted by molar-refractivity contribution is 9.10. The number of benzene rings is 2. The number of nitrogens with one attached hydrogen (secondary N) is 2. The molecule has 0 aliphatic carbocycles. The van der Waals surface area contributed by atoms with Gasteiger partial charge in [-0.2, -0.15) is 0 Å². The quantitative estimate of drug-likeness (QED) is 0.321. The van der Waals surface area contributed by atoms with E-state index in [-0.39, 0.29) is 0 Å². The summed E-state index contributed by atoms with van der Waals surface area (Å²) in [6, 6.07) is 11.9. The number of unbranched alkanes of at least 4 members (excludes halogenated alkanes) is 3. The molecule has 2 rings (SSSR count). The number of hydrazine groups is 1. The van der Waals surface area contributed by atoms with Gasteiger partial charge in [0.15, 0.2) is 0 Å². The van der Waals surface area contributed by atoms with E-state index in [1.165, 1.54) is 12.8 Å². The van der Waals surface area contributed by atoms with Crippen molar-refractivity contribution in [3.05, 3.63) is 58.1 Å². The largest absolute Gasteiger partial charge is 0.494 e. The van der Waals surface area contributed by atoms with Crippen molar-refractivity contribution >= 4 is 27.7 Å². The Morgan fingerprint density at radius 2 is 1.55 bits per heavy atom. The molecular weight excluding hydrogens is 460 g/mol. The van der Waals surface area contributed by atoms with Crippen molar-refractivity contribution in [1.29, 1.82) is 0 Å². The summed E-state index contributed by atoms with van der Waals surface area (Å²) < 4.78 is 12.0. The van der Waals surface area contributed by atoms with E-state index >= 15 is 0 Å². The van der Waals surface area contributed by atoms with Gasteiger partial charge >= 0.3 is 0 Å². The van der Waals surface area contributed by atoms with Gasteiger partial charge in [0, 0.05) is 11.1 Å². The molecule has 0 heterocycles. The Labute approximate surface area is 192 Å². The lowest BCUT2D eigenvalue weighted by Gasteiger charge is -2.12. The predicted molar refractivity (Wildman–Crippen MR) is 125 cm³/mol. The van der Waals surface area contributed by atoms with E-state index in [0.29, 0.717) is 40.5 Å². The third kappa shape index (κ3) is 8.61. The minimum absolute atomic E-state index is 0.399. The third-order valence-corrected chi connectivity index (χ3v) is 5.06. The molecule has 0 aliphatic heterocycles. The van der Waals surface area contributed by atoms with Crippen molar-refractivity contribution in [2.75, 3.05) is 13.2 Å². The maximum Gasteiger partial charge on any atom is 0.269 e. The topological polar surface area (TPSA) is 76.7 Å². The van der Waals surface area contributed by atoms with E-state index < -0.39 is 11.8 Å². The number of rotatable bonds is 11. The van der Waals surface area contributed by atoms with Gasteiger partial charge in [0.2, 0.25) is 0 Å². The van der Waals surface area contributed by atoms with E-state index in [1.807, 2.05) is 0 Å². The third-order valence-electron chi connectivity index (χ3n) is 4.44. The van der Waals surface area contributed by atoms with Crippen LogP contribution in [0.1, 0.15) is 67.2 Å². The molecule has 2 amide bonds. The number of carbonyl (C=O) groups is 2. The van der Waals surface area contributed by atoms with Gasteiger partial charge in [0.25, 0.3) is 11.8 Å². The molecule has 0 aromatic heterocycles. The number of amides is 2. The smallest absolute Gasteiger partial charge is 0.269 e. The zero-order valence-corrected chi connectivity index (χ0v) is 20.0. The summed E-state index contributed by atoms with van der Waals surface area (Å²) >= 11 is 3.41. The summed E-state index contributed by atoms with van der Waals surface area (Å²) in [6.07, 6.45) is 4.57. The number of hydrogen-bond acceptors (Lipinski definition) is 4. The van der Waals surface area contributed by atoms with E-state index in [1.54, 1.807) is 42.5 Å². The lowest BCUT2D eigenvalue weighted by molar-refractivity contribution is 0.0846. The van der Waals surface area contributed by atoms with Gasteiger partial charge in [0.05, 0.1) is 17.7 Å². The zero-order valence-electron chi connectivity index (χ0n) is 18.4. The van der Waals surface area contributed by atoms with Crippen LogP contribution in [0, 0.1) is 5.92 Å². The molecule has 0 bridgehead atoms. The van der Waals surface area contributed by atoms with E-state index in [9.17, 15) is 9.59 Å². The predicted octanol–water partition coefficient (Wildman–Crippen LogP) is 5.52. The normalized spacial score (nSPS) is 10.6. The molecule has 2 N–H and O–H groups in total. The fourth-order valence-corrected chi connectivity index (χ4v) is 3.19. The molecule has 6 nitrogen and oxygen atoms in total. The monoisotopic (exact) mass is 490 g/mol. The first kappa shape index (κ1) is 24.7. The maximum absolute atomic E-state index is 12.3. The molecule has 0 radical (unpaired) electrons. The minimum Gasteiger partial charge on any atom is -0.494 e. The maximum atomic E-state index is 12.3. The fraction of sp³-hybridized carbons (Fsp3) is 0.417. The van der Waals surface area contributed by atoms with Crippen molar-refractivity contribution in [3.8, 4) is 11.5 Å². The summed E-state index contributed by atoms with van der Waals surface area (Å²) in [4.78, 5) is 24.6. The summed E-state index contributed by atoms with van der Waals surface area (Å²) in [6.45, 7) is 7.55. The Hall–Kier alpha value is -2.54. The highest BCUT2D eigenvalue weighted by Gasteiger charge is 2.12. The molecule has 0 saturated heterocycles. The van der Waals surface area contributed by atoms with Crippen LogP contribution < -0.4 is 20.3 Å². The second-order valence-corrected chi connectivity index (χ2v) is 8.55. The molecule has 2 aromatic carbocycles.